The van der Waals surface area contributed by atoms with Gasteiger partial charge in [0.25, 0.3) is 5.91 Å². The minimum Gasteiger partial charge on any atom is -0.355 e. The van der Waals surface area contributed by atoms with Gasteiger partial charge < -0.3 is 16.4 Å². The monoisotopic (exact) mass is 311 g/mol. The number of hydrogen-bond donors (Lipinski definition) is 3. The Hall–Kier alpha value is -1.59. The van der Waals surface area contributed by atoms with Crippen molar-refractivity contribution < 1.29 is 9.59 Å². The second-order valence-corrected chi connectivity index (χ2v) is 6.41. The third-order valence-corrected chi connectivity index (χ3v) is 3.57. The van der Waals surface area contributed by atoms with E-state index in [0.717, 1.165) is 0 Å². The van der Waals surface area contributed by atoms with Crippen molar-refractivity contribution in [2.24, 2.45) is 11.1 Å². The van der Waals surface area contributed by atoms with E-state index in [0.29, 0.717) is 16.3 Å². The second kappa shape index (κ2) is 6.91. The van der Waals surface area contributed by atoms with Crippen LogP contribution in [-0.2, 0) is 4.79 Å². The maximum Gasteiger partial charge on any atom is 0.252 e. The smallest absolute Gasteiger partial charge is 0.252 e. The Morgan fingerprint density at radius 3 is 2.48 bits per heavy atom. The van der Waals surface area contributed by atoms with Crippen molar-refractivity contribution in [3.63, 3.8) is 0 Å². The number of amides is 2. The Labute approximate surface area is 130 Å². The minimum atomic E-state index is -0.303. The van der Waals surface area contributed by atoms with Crippen molar-refractivity contribution in [2.75, 3.05) is 12.4 Å². The summed E-state index contributed by atoms with van der Waals surface area (Å²) in [5.41, 5.74) is 6.67. The van der Waals surface area contributed by atoms with E-state index in [1.807, 2.05) is 20.8 Å². The molecule has 1 unspecified atom stereocenters. The Kier molecular flexibility index (Phi) is 5.75. The Morgan fingerprint density at radius 1 is 1.33 bits per heavy atom. The summed E-state index contributed by atoms with van der Waals surface area (Å²) in [5.74, 6) is -0.495. The van der Waals surface area contributed by atoms with Crippen LogP contribution in [0.15, 0.2) is 18.2 Å². The highest BCUT2D eigenvalue weighted by Crippen LogP contribution is 2.22. The molecule has 1 rings (SSSR count). The molecule has 0 aliphatic rings. The van der Waals surface area contributed by atoms with Crippen molar-refractivity contribution >= 4 is 29.1 Å². The fourth-order valence-corrected chi connectivity index (χ4v) is 1.83. The predicted octanol–water partition coefficient (Wildman–Crippen LogP) is 2.40. The van der Waals surface area contributed by atoms with Crippen LogP contribution >= 0.6 is 11.6 Å². The molecule has 0 saturated heterocycles. The number of halogens is 1. The molecule has 1 aromatic rings. The quantitative estimate of drug-likeness (QED) is 0.798. The van der Waals surface area contributed by atoms with Gasteiger partial charge in [-0.2, -0.15) is 0 Å². The molecule has 0 aliphatic heterocycles. The number of nitrogens with one attached hydrogen (secondary N) is 2. The van der Waals surface area contributed by atoms with Crippen LogP contribution in [0, 0.1) is 5.41 Å². The fraction of sp³-hybridized carbons (Fsp3) is 0.467. The summed E-state index contributed by atoms with van der Waals surface area (Å²) < 4.78 is 0. The average molecular weight is 312 g/mol. The van der Waals surface area contributed by atoms with Crippen LogP contribution in [0.1, 0.15) is 37.6 Å². The third kappa shape index (κ3) is 5.02. The molecular weight excluding hydrogens is 290 g/mol. The van der Waals surface area contributed by atoms with Crippen LogP contribution in [-0.4, -0.2) is 24.9 Å². The van der Waals surface area contributed by atoms with E-state index in [9.17, 15) is 9.59 Å². The molecule has 116 valence electrons. The van der Waals surface area contributed by atoms with Gasteiger partial charge in [-0.15, -0.1) is 0 Å². The SMILES string of the molecule is CNC(=O)c1cc(NC(=O)CC(N)C(C)(C)C)ccc1Cl. The molecular formula is C15H22ClN3O2. The van der Waals surface area contributed by atoms with E-state index in [2.05, 4.69) is 10.6 Å². The number of rotatable bonds is 4. The number of anilines is 1. The zero-order valence-electron chi connectivity index (χ0n) is 12.8. The van der Waals surface area contributed by atoms with E-state index in [-0.39, 0.29) is 29.7 Å². The average Bonchev–Trinajstić information content (AvgIpc) is 2.38. The maximum atomic E-state index is 12.0. The molecule has 0 radical (unpaired) electrons. The van der Waals surface area contributed by atoms with Crippen LogP contribution in [0.4, 0.5) is 5.69 Å². The molecule has 4 N–H and O–H groups in total. The number of benzene rings is 1. The van der Waals surface area contributed by atoms with Gasteiger partial charge in [-0.25, -0.2) is 0 Å². The van der Waals surface area contributed by atoms with Crippen molar-refractivity contribution in [1.29, 1.82) is 0 Å². The van der Waals surface area contributed by atoms with Crippen LogP contribution in [0.5, 0.6) is 0 Å². The lowest BCUT2D eigenvalue weighted by atomic mass is 9.85. The molecule has 0 spiro atoms. The Morgan fingerprint density at radius 2 is 1.95 bits per heavy atom. The summed E-state index contributed by atoms with van der Waals surface area (Å²) in [6, 6.07) is 4.52. The molecule has 0 aliphatic carbocycles. The lowest BCUT2D eigenvalue weighted by Gasteiger charge is -2.26. The zero-order valence-corrected chi connectivity index (χ0v) is 13.5. The summed E-state index contributed by atoms with van der Waals surface area (Å²) >= 11 is 5.96. The summed E-state index contributed by atoms with van der Waals surface area (Å²) in [4.78, 5) is 23.6. The molecule has 0 heterocycles. The first-order valence-corrected chi connectivity index (χ1v) is 7.10. The van der Waals surface area contributed by atoms with Crippen molar-refractivity contribution in [3.8, 4) is 0 Å². The summed E-state index contributed by atoms with van der Waals surface area (Å²) in [6.07, 6.45) is 0.210. The van der Waals surface area contributed by atoms with Gasteiger partial charge >= 0.3 is 0 Å². The largest absolute Gasteiger partial charge is 0.355 e. The summed E-state index contributed by atoms with van der Waals surface area (Å²) in [5, 5.41) is 5.56. The number of nitrogens with two attached hydrogens (primary N) is 1. The topological polar surface area (TPSA) is 84.2 Å². The van der Waals surface area contributed by atoms with Gasteiger partial charge in [0.2, 0.25) is 5.91 Å². The first-order chi connectivity index (χ1) is 9.65. The molecule has 21 heavy (non-hydrogen) atoms. The van der Waals surface area contributed by atoms with E-state index in [1.54, 1.807) is 18.2 Å². The van der Waals surface area contributed by atoms with Gasteiger partial charge in [0.15, 0.2) is 0 Å². The number of carbonyl (C=O) groups excluding carboxylic acids is 2. The first-order valence-electron chi connectivity index (χ1n) is 6.72. The van der Waals surface area contributed by atoms with Gasteiger partial charge in [-0.05, 0) is 23.6 Å². The summed E-state index contributed by atoms with van der Waals surface area (Å²) in [7, 11) is 1.52. The first kappa shape index (κ1) is 17.5. The predicted molar refractivity (Wildman–Crippen MR) is 85.5 cm³/mol. The van der Waals surface area contributed by atoms with Crippen molar-refractivity contribution in [2.45, 2.75) is 33.2 Å². The van der Waals surface area contributed by atoms with Gasteiger partial charge in [0, 0.05) is 25.2 Å². The van der Waals surface area contributed by atoms with E-state index in [1.165, 1.54) is 7.05 Å². The third-order valence-electron chi connectivity index (χ3n) is 3.24. The molecule has 0 bridgehead atoms. The molecule has 0 fully saturated rings. The molecule has 2 amide bonds. The standard InChI is InChI=1S/C15H22ClN3O2/c1-15(2,3)12(17)8-13(20)19-9-5-6-11(16)10(7-9)14(21)18-4/h5-7,12H,8,17H2,1-4H3,(H,18,21)(H,19,20). The van der Waals surface area contributed by atoms with E-state index >= 15 is 0 Å². The summed E-state index contributed by atoms with van der Waals surface area (Å²) in [6.45, 7) is 5.95. The molecule has 6 heteroatoms. The minimum absolute atomic E-state index is 0.148. The highest BCUT2D eigenvalue weighted by atomic mass is 35.5. The second-order valence-electron chi connectivity index (χ2n) is 6.00. The van der Waals surface area contributed by atoms with Gasteiger partial charge in [0.05, 0.1) is 10.6 Å². The van der Waals surface area contributed by atoms with Crippen LogP contribution in [0.3, 0.4) is 0 Å². The normalized spacial score (nSPS) is 12.7. The van der Waals surface area contributed by atoms with Gasteiger partial charge in [-0.3, -0.25) is 9.59 Å². The highest BCUT2D eigenvalue weighted by molar-refractivity contribution is 6.34. The van der Waals surface area contributed by atoms with E-state index < -0.39 is 0 Å². The van der Waals surface area contributed by atoms with Gasteiger partial charge in [0.1, 0.15) is 0 Å². The Balaban J connectivity index is 2.80. The lowest BCUT2D eigenvalue weighted by Crippen LogP contribution is -2.38. The molecule has 0 aromatic heterocycles. The van der Waals surface area contributed by atoms with E-state index in [4.69, 9.17) is 17.3 Å². The molecule has 0 saturated carbocycles. The van der Waals surface area contributed by atoms with Crippen molar-refractivity contribution in [1.82, 2.24) is 5.32 Å². The maximum absolute atomic E-state index is 12.0. The van der Waals surface area contributed by atoms with Gasteiger partial charge in [-0.1, -0.05) is 32.4 Å². The highest BCUT2D eigenvalue weighted by Gasteiger charge is 2.23. The lowest BCUT2D eigenvalue weighted by molar-refractivity contribution is -0.117. The van der Waals surface area contributed by atoms with Crippen molar-refractivity contribution in [3.05, 3.63) is 28.8 Å². The Bertz CT molecular complexity index is 538. The zero-order chi connectivity index (χ0) is 16.2. The molecule has 5 nitrogen and oxygen atoms in total. The molecule has 1 atom stereocenters. The fourth-order valence-electron chi connectivity index (χ4n) is 1.63. The number of carbonyl (C=O) groups is 2. The van der Waals surface area contributed by atoms with Crippen LogP contribution < -0.4 is 16.4 Å². The molecule has 1 aromatic carbocycles. The van der Waals surface area contributed by atoms with Crippen LogP contribution in [0.2, 0.25) is 5.02 Å². The van der Waals surface area contributed by atoms with Crippen LogP contribution in [0.25, 0.3) is 0 Å². The number of hydrogen-bond acceptors (Lipinski definition) is 3.